The van der Waals surface area contributed by atoms with Crippen molar-refractivity contribution >= 4 is 10.9 Å². The molecule has 6 nitrogen and oxygen atoms in total. The Bertz CT molecular complexity index is 1260. The molecule has 1 aliphatic heterocycles. The van der Waals surface area contributed by atoms with Crippen LogP contribution in [0, 0.1) is 6.92 Å². The van der Waals surface area contributed by atoms with E-state index in [2.05, 4.69) is 59.0 Å². The molecule has 0 spiro atoms. The Labute approximate surface area is 188 Å². The van der Waals surface area contributed by atoms with Crippen LogP contribution in [0.15, 0.2) is 42.5 Å². The molecule has 0 saturated carbocycles. The minimum absolute atomic E-state index is 0.0115. The lowest BCUT2D eigenvalue weighted by atomic mass is 9.91. The molecule has 0 fully saturated rings. The number of nitrogens with zero attached hydrogens (tertiary/aromatic N) is 2. The van der Waals surface area contributed by atoms with Crippen molar-refractivity contribution in [1.82, 2.24) is 19.9 Å². The summed E-state index contributed by atoms with van der Waals surface area (Å²) in [7, 11) is 3.40. The van der Waals surface area contributed by atoms with Gasteiger partial charge in [-0.2, -0.15) is 0 Å². The first-order chi connectivity index (χ1) is 15.6. The van der Waals surface area contributed by atoms with E-state index in [9.17, 15) is 0 Å². The molecule has 2 N–H and O–H groups in total. The van der Waals surface area contributed by atoms with Crippen LogP contribution >= 0.6 is 0 Å². The number of hydrogen-bond acceptors (Lipinski definition) is 4. The van der Waals surface area contributed by atoms with Crippen molar-refractivity contribution in [2.75, 3.05) is 20.8 Å². The zero-order chi connectivity index (χ0) is 22.2. The molecule has 6 heteroatoms. The molecule has 0 unspecified atom stereocenters. The van der Waals surface area contributed by atoms with Crippen molar-refractivity contribution in [1.29, 1.82) is 0 Å². The molecular formula is C26H30N4O2. The summed E-state index contributed by atoms with van der Waals surface area (Å²) in [6, 6.07) is 14.7. The van der Waals surface area contributed by atoms with Crippen LogP contribution in [0.1, 0.15) is 47.0 Å². The van der Waals surface area contributed by atoms with E-state index in [1.54, 1.807) is 14.2 Å². The molecular weight excluding hydrogens is 400 g/mol. The highest BCUT2D eigenvalue weighted by molar-refractivity contribution is 5.85. The minimum Gasteiger partial charge on any atom is -0.493 e. The first kappa shape index (κ1) is 20.6. The zero-order valence-electron chi connectivity index (χ0n) is 19.2. The van der Waals surface area contributed by atoms with E-state index < -0.39 is 0 Å². The van der Waals surface area contributed by atoms with Crippen LogP contribution in [-0.2, 0) is 19.4 Å². The van der Waals surface area contributed by atoms with Gasteiger partial charge in [0.05, 0.1) is 26.0 Å². The van der Waals surface area contributed by atoms with Crippen molar-refractivity contribution in [2.24, 2.45) is 0 Å². The second kappa shape index (κ2) is 8.36. The molecule has 0 bridgehead atoms. The summed E-state index contributed by atoms with van der Waals surface area (Å²) in [6.45, 7) is 5.94. The normalized spacial score (nSPS) is 16.3. The average Bonchev–Trinajstić information content (AvgIpc) is 3.38. The van der Waals surface area contributed by atoms with Crippen molar-refractivity contribution in [3.63, 3.8) is 0 Å². The minimum atomic E-state index is 0.0115. The fraction of sp³-hybridized carbons (Fsp3) is 0.346. The second-order valence-corrected chi connectivity index (χ2v) is 8.38. The SMILES string of the molecule is CCc1nc(CN2CCc3c([nH]c4ccccc34)[C@H]2c2cccc(OC)c2OC)c(C)[nH]1. The third-order valence-corrected chi connectivity index (χ3v) is 6.58. The topological polar surface area (TPSA) is 66.2 Å². The number of hydrogen-bond donors (Lipinski definition) is 2. The number of ether oxygens (including phenoxy) is 2. The molecule has 2 aromatic heterocycles. The Kier molecular flexibility index (Phi) is 5.39. The summed E-state index contributed by atoms with van der Waals surface area (Å²) in [5.41, 5.74) is 7.14. The Morgan fingerprint density at radius 3 is 2.66 bits per heavy atom. The van der Waals surface area contributed by atoms with Crippen LogP contribution in [0.5, 0.6) is 11.5 Å². The van der Waals surface area contributed by atoms with Gasteiger partial charge in [-0.15, -0.1) is 0 Å². The van der Waals surface area contributed by atoms with Crippen LogP contribution in [0.4, 0.5) is 0 Å². The lowest BCUT2D eigenvalue weighted by Crippen LogP contribution is -2.36. The van der Waals surface area contributed by atoms with Gasteiger partial charge >= 0.3 is 0 Å². The van der Waals surface area contributed by atoms with E-state index in [-0.39, 0.29) is 6.04 Å². The average molecular weight is 431 g/mol. The molecule has 4 aromatic rings. The second-order valence-electron chi connectivity index (χ2n) is 8.38. The summed E-state index contributed by atoms with van der Waals surface area (Å²) in [6.07, 6.45) is 1.90. The number of H-pyrrole nitrogens is 2. The Morgan fingerprint density at radius 2 is 1.91 bits per heavy atom. The first-order valence-electron chi connectivity index (χ1n) is 11.2. The van der Waals surface area contributed by atoms with Crippen molar-refractivity contribution in [3.8, 4) is 11.5 Å². The number of imidazole rings is 1. The van der Waals surface area contributed by atoms with Gasteiger partial charge in [0.1, 0.15) is 5.82 Å². The Morgan fingerprint density at radius 1 is 1.06 bits per heavy atom. The number of aromatic nitrogens is 3. The number of aromatic amines is 2. The summed E-state index contributed by atoms with van der Waals surface area (Å²) >= 11 is 0. The molecule has 0 amide bonds. The Hall–Kier alpha value is -3.25. The molecule has 5 rings (SSSR count). The van der Waals surface area contributed by atoms with E-state index in [1.165, 1.54) is 22.2 Å². The molecule has 0 radical (unpaired) electrons. The van der Waals surface area contributed by atoms with Gasteiger partial charge in [-0.1, -0.05) is 37.3 Å². The highest BCUT2D eigenvalue weighted by atomic mass is 16.5. The van der Waals surface area contributed by atoms with Gasteiger partial charge in [0.25, 0.3) is 0 Å². The van der Waals surface area contributed by atoms with Crippen LogP contribution in [0.2, 0.25) is 0 Å². The Balaban J connectivity index is 1.66. The zero-order valence-corrected chi connectivity index (χ0v) is 19.2. The number of para-hydroxylation sites is 2. The molecule has 1 atom stereocenters. The van der Waals surface area contributed by atoms with E-state index >= 15 is 0 Å². The first-order valence-corrected chi connectivity index (χ1v) is 11.2. The smallest absolute Gasteiger partial charge is 0.165 e. The molecule has 32 heavy (non-hydrogen) atoms. The molecule has 2 aromatic carbocycles. The number of rotatable bonds is 6. The quantitative estimate of drug-likeness (QED) is 0.455. The van der Waals surface area contributed by atoms with Gasteiger partial charge in [0, 0.05) is 47.4 Å². The fourth-order valence-corrected chi connectivity index (χ4v) is 5.02. The third-order valence-electron chi connectivity index (χ3n) is 6.58. The van der Waals surface area contributed by atoms with Crippen LogP contribution in [0.25, 0.3) is 10.9 Å². The van der Waals surface area contributed by atoms with Crippen molar-refractivity contribution in [3.05, 3.63) is 76.5 Å². The van der Waals surface area contributed by atoms with E-state index in [1.807, 2.05) is 12.1 Å². The van der Waals surface area contributed by atoms with Gasteiger partial charge in [-0.05, 0) is 31.0 Å². The van der Waals surface area contributed by atoms with E-state index in [0.29, 0.717) is 0 Å². The largest absolute Gasteiger partial charge is 0.493 e. The van der Waals surface area contributed by atoms with Gasteiger partial charge in [-0.25, -0.2) is 4.98 Å². The summed E-state index contributed by atoms with van der Waals surface area (Å²) in [5.74, 6) is 2.57. The molecule has 166 valence electrons. The molecule has 1 aliphatic rings. The van der Waals surface area contributed by atoms with E-state index in [0.717, 1.165) is 60.2 Å². The standard InChI is InChI=1S/C26H30N4O2/c1-5-23-27-16(2)21(28-23)15-30-14-13-18-17-9-6-7-11-20(17)29-24(18)25(30)19-10-8-12-22(31-3)26(19)32-4/h6-12,25,29H,5,13-15H2,1-4H3,(H,27,28)/t25-/m1/s1. The number of nitrogens with one attached hydrogen (secondary N) is 2. The predicted octanol–water partition coefficient (Wildman–Crippen LogP) is 4.93. The van der Waals surface area contributed by atoms with Gasteiger partial charge in [-0.3, -0.25) is 4.90 Å². The maximum Gasteiger partial charge on any atom is 0.165 e. The van der Waals surface area contributed by atoms with Crippen LogP contribution < -0.4 is 9.47 Å². The van der Waals surface area contributed by atoms with Crippen LogP contribution in [0.3, 0.4) is 0 Å². The van der Waals surface area contributed by atoms with Crippen LogP contribution in [-0.4, -0.2) is 40.6 Å². The summed E-state index contributed by atoms with van der Waals surface area (Å²) < 4.78 is 11.5. The van der Waals surface area contributed by atoms with Gasteiger partial charge < -0.3 is 19.4 Å². The highest BCUT2D eigenvalue weighted by Crippen LogP contribution is 2.44. The van der Waals surface area contributed by atoms with Gasteiger partial charge in [0.15, 0.2) is 11.5 Å². The van der Waals surface area contributed by atoms with Crippen molar-refractivity contribution < 1.29 is 9.47 Å². The van der Waals surface area contributed by atoms with Gasteiger partial charge in [0.2, 0.25) is 0 Å². The molecule has 0 aliphatic carbocycles. The highest BCUT2D eigenvalue weighted by Gasteiger charge is 2.34. The number of fused-ring (bicyclic) bond motifs is 3. The summed E-state index contributed by atoms with van der Waals surface area (Å²) in [4.78, 5) is 14.5. The van der Waals surface area contributed by atoms with E-state index in [4.69, 9.17) is 14.5 Å². The number of aryl methyl sites for hydroxylation is 2. The lowest BCUT2D eigenvalue weighted by molar-refractivity contribution is 0.195. The predicted molar refractivity (Wildman–Crippen MR) is 127 cm³/mol. The molecule has 3 heterocycles. The fourth-order valence-electron chi connectivity index (χ4n) is 5.02. The number of benzene rings is 2. The number of methoxy groups -OCH3 is 2. The molecule has 0 saturated heterocycles. The third kappa shape index (κ3) is 3.35. The lowest BCUT2D eigenvalue weighted by Gasteiger charge is -2.36. The maximum atomic E-state index is 5.87. The summed E-state index contributed by atoms with van der Waals surface area (Å²) in [5, 5.41) is 1.30. The van der Waals surface area contributed by atoms with Crippen molar-refractivity contribution in [2.45, 2.75) is 39.3 Å². The maximum absolute atomic E-state index is 5.87. The monoisotopic (exact) mass is 430 g/mol.